The van der Waals surface area contributed by atoms with E-state index < -0.39 is 0 Å². The molecule has 22 heavy (non-hydrogen) atoms. The highest BCUT2D eigenvalue weighted by Crippen LogP contribution is 2.14. The van der Waals surface area contributed by atoms with Crippen LogP contribution in [0.3, 0.4) is 0 Å². The number of carbonyl (C=O) groups excluding carboxylic acids is 1. The number of pyridine rings is 1. The van der Waals surface area contributed by atoms with Crippen LogP contribution in [0, 0.1) is 0 Å². The molecule has 0 unspecified atom stereocenters. The molecule has 0 aliphatic carbocycles. The summed E-state index contributed by atoms with van der Waals surface area (Å²) in [6.45, 7) is 0.130. The zero-order valence-electron chi connectivity index (χ0n) is 11.4. The summed E-state index contributed by atoms with van der Waals surface area (Å²) in [4.78, 5) is 16.1. The summed E-state index contributed by atoms with van der Waals surface area (Å²) in [5.41, 5.74) is 1.05. The number of hydrogen-bond donors (Lipinski definition) is 1. The first-order chi connectivity index (χ1) is 10.7. The van der Waals surface area contributed by atoms with Crippen molar-refractivity contribution < 1.29 is 9.21 Å². The normalized spacial score (nSPS) is 10.4. The Morgan fingerprint density at radius 3 is 2.86 bits per heavy atom. The topological polar surface area (TPSA) is 80.9 Å². The Kier molecular flexibility index (Phi) is 4.11. The Morgan fingerprint density at radius 2 is 2.09 bits per heavy atom. The second-order valence-electron chi connectivity index (χ2n) is 4.41. The fraction of sp³-hybridized carbons (Fsp3) is 0.0667. The zero-order valence-corrected chi connectivity index (χ0v) is 12.1. The van der Waals surface area contributed by atoms with Crippen LogP contribution in [0.2, 0.25) is 5.02 Å². The fourth-order valence-electron chi connectivity index (χ4n) is 1.81. The summed E-state index contributed by atoms with van der Waals surface area (Å²) < 4.78 is 5.45. The van der Waals surface area contributed by atoms with E-state index in [1.165, 1.54) is 0 Å². The third kappa shape index (κ3) is 3.29. The molecule has 0 radical (unpaired) electrons. The van der Waals surface area contributed by atoms with Gasteiger partial charge in [0, 0.05) is 16.8 Å². The van der Waals surface area contributed by atoms with Crippen molar-refractivity contribution in [3.05, 3.63) is 65.1 Å². The van der Waals surface area contributed by atoms with Gasteiger partial charge >= 0.3 is 0 Å². The minimum absolute atomic E-state index is 0.130. The highest BCUT2D eigenvalue weighted by Gasteiger charge is 2.11. The summed E-state index contributed by atoms with van der Waals surface area (Å²) in [7, 11) is 0. The predicted octanol–water partition coefficient (Wildman–Crippen LogP) is 2.72. The first-order valence-corrected chi connectivity index (χ1v) is 6.88. The van der Waals surface area contributed by atoms with Gasteiger partial charge in [-0.2, -0.15) is 0 Å². The molecule has 0 atom stereocenters. The van der Waals surface area contributed by atoms with Gasteiger partial charge in [-0.05, 0) is 30.3 Å². The lowest BCUT2D eigenvalue weighted by Crippen LogP contribution is -2.22. The smallest absolute Gasteiger partial charge is 0.266 e. The maximum absolute atomic E-state index is 12.0. The summed E-state index contributed by atoms with van der Waals surface area (Å²) >= 11 is 5.85. The Hall–Kier alpha value is -2.73. The number of hydrogen-bond acceptors (Lipinski definition) is 5. The average molecular weight is 315 g/mol. The summed E-state index contributed by atoms with van der Waals surface area (Å²) in [5.74, 6) is 0.351. The van der Waals surface area contributed by atoms with E-state index in [0.29, 0.717) is 28.1 Å². The van der Waals surface area contributed by atoms with Crippen LogP contribution in [0.1, 0.15) is 16.2 Å². The lowest BCUT2D eigenvalue weighted by Gasteiger charge is -2.02. The van der Waals surface area contributed by atoms with E-state index >= 15 is 0 Å². The lowest BCUT2D eigenvalue weighted by atomic mass is 10.2. The monoisotopic (exact) mass is 314 g/mol. The summed E-state index contributed by atoms with van der Waals surface area (Å²) in [5, 5.41) is 11.0. The zero-order chi connectivity index (χ0) is 15.4. The first-order valence-electron chi connectivity index (χ1n) is 6.50. The Labute approximate surface area is 131 Å². The highest BCUT2D eigenvalue weighted by atomic mass is 35.5. The number of amides is 1. The molecule has 7 heteroatoms. The molecular weight excluding hydrogens is 304 g/mol. The second kappa shape index (κ2) is 6.36. The number of carbonyl (C=O) groups is 1. The van der Waals surface area contributed by atoms with Gasteiger partial charge in [-0.3, -0.25) is 9.78 Å². The van der Waals surface area contributed by atoms with Gasteiger partial charge in [0.2, 0.25) is 5.89 Å². The van der Waals surface area contributed by atoms with E-state index in [9.17, 15) is 4.79 Å². The van der Waals surface area contributed by atoms with E-state index in [0.717, 1.165) is 0 Å². The molecular formula is C15H11ClN4O2. The lowest BCUT2D eigenvalue weighted by molar-refractivity contribution is 0.0947. The van der Waals surface area contributed by atoms with E-state index in [-0.39, 0.29) is 12.5 Å². The molecule has 110 valence electrons. The quantitative estimate of drug-likeness (QED) is 0.800. The van der Waals surface area contributed by atoms with Gasteiger partial charge in [0.25, 0.3) is 11.8 Å². The molecule has 1 N–H and O–H groups in total. The largest absolute Gasteiger partial charge is 0.417 e. The van der Waals surface area contributed by atoms with Gasteiger partial charge in [-0.15, -0.1) is 10.2 Å². The van der Waals surface area contributed by atoms with Crippen LogP contribution in [0.5, 0.6) is 0 Å². The predicted molar refractivity (Wildman–Crippen MR) is 80.2 cm³/mol. The van der Waals surface area contributed by atoms with Gasteiger partial charge < -0.3 is 9.73 Å². The SMILES string of the molecule is O=C(NCc1nnc(-c2ccccn2)o1)c1cccc(Cl)c1. The number of rotatable bonds is 4. The molecule has 3 aromatic rings. The van der Waals surface area contributed by atoms with Crippen LogP contribution in [0.25, 0.3) is 11.6 Å². The van der Waals surface area contributed by atoms with Crippen LogP contribution in [0.4, 0.5) is 0 Å². The van der Waals surface area contributed by atoms with E-state index in [2.05, 4.69) is 20.5 Å². The van der Waals surface area contributed by atoms with Gasteiger partial charge in [0.05, 0.1) is 6.54 Å². The molecule has 0 fully saturated rings. The minimum atomic E-state index is -0.264. The van der Waals surface area contributed by atoms with Gasteiger partial charge in [-0.25, -0.2) is 0 Å². The van der Waals surface area contributed by atoms with Gasteiger partial charge in [-0.1, -0.05) is 23.7 Å². The Morgan fingerprint density at radius 1 is 1.18 bits per heavy atom. The van der Waals surface area contributed by atoms with Crippen molar-refractivity contribution in [1.29, 1.82) is 0 Å². The Balaban J connectivity index is 1.65. The molecule has 1 amide bonds. The van der Waals surface area contributed by atoms with Crippen molar-refractivity contribution in [3.63, 3.8) is 0 Å². The van der Waals surface area contributed by atoms with Crippen molar-refractivity contribution in [2.75, 3.05) is 0 Å². The van der Waals surface area contributed by atoms with Crippen LogP contribution in [-0.2, 0) is 6.54 Å². The van der Waals surface area contributed by atoms with Crippen LogP contribution in [-0.4, -0.2) is 21.1 Å². The molecule has 0 saturated heterocycles. The van der Waals surface area contributed by atoms with Crippen molar-refractivity contribution in [2.45, 2.75) is 6.54 Å². The van der Waals surface area contributed by atoms with Gasteiger partial charge in [0.1, 0.15) is 5.69 Å². The molecule has 0 spiro atoms. The van der Waals surface area contributed by atoms with Crippen molar-refractivity contribution in [2.24, 2.45) is 0 Å². The molecule has 0 aliphatic heterocycles. The first kappa shape index (κ1) is 14.2. The van der Waals surface area contributed by atoms with Crippen LogP contribution >= 0.6 is 11.6 Å². The molecule has 0 aliphatic rings. The maximum atomic E-state index is 12.0. The maximum Gasteiger partial charge on any atom is 0.266 e. The van der Waals surface area contributed by atoms with Crippen LogP contribution < -0.4 is 5.32 Å². The van der Waals surface area contributed by atoms with E-state index in [1.54, 1.807) is 42.6 Å². The molecule has 6 nitrogen and oxygen atoms in total. The molecule has 2 heterocycles. The van der Waals surface area contributed by atoms with Crippen LogP contribution in [0.15, 0.2) is 53.1 Å². The minimum Gasteiger partial charge on any atom is -0.417 e. The van der Waals surface area contributed by atoms with Crippen molar-refractivity contribution >= 4 is 17.5 Å². The third-order valence-corrected chi connectivity index (χ3v) is 3.07. The fourth-order valence-corrected chi connectivity index (χ4v) is 2.00. The highest BCUT2D eigenvalue weighted by molar-refractivity contribution is 6.30. The Bertz CT molecular complexity index is 789. The molecule has 3 rings (SSSR count). The number of nitrogens with zero attached hydrogens (tertiary/aromatic N) is 3. The van der Waals surface area contributed by atoms with E-state index in [4.69, 9.17) is 16.0 Å². The molecule has 0 saturated carbocycles. The van der Waals surface area contributed by atoms with Crippen molar-refractivity contribution in [1.82, 2.24) is 20.5 Å². The number of aromatic nitrogens is 3. The molecule has 1 aromatic carbocycles. The molecule has 0 bridgehead atoms. The van der Waals surface area contributed by atoms with Crippen molar-refractivity contribution in [3.8, 4) is 11.6 Å². The third-order valence-electron chi connectivity index (χ3n) is 2.84. The number of nitrogens with one attached hydrogen (secondary N) is 1. The second-order valence-corrected chi connectivity index (χ2v) is 4.85. The standard InChI is InChI=1S/C15H11ClN4O2/c16-11-5-3-4-10(8-11)14(21)18-9-13-19-20-15(22-13)12-6-1-2-7-17-12/h1-8H,9H2,(H,18,21). The van der Waals surface area contributed by atoms with Gasteiger partial charge in [0.15, 0.2) is 0 Å². The number of halogens is 1. The average Bonchev–Trinajstić information content (AvgIpc) is 3.02. The molecule has 2 aromatic heterocycles. The number of benzene rings is 1. The van der Waals surface area contributed by atoms with E-state index in [1.807, 2.05) is 6.07 Å². The summed E-state index contributed by atoms with van der Waals surface area (Å²) in [6, 6.07) is 12.1. The summed E-state index contributed by atoms with van der Waals surface area (Å²) in [6.07, 6.45) is 1.64.